The molecule has 0 saturated carbocycles. The Morgan fingerprint density at radius 1 is 1.20 bits per heavy atom. The van der Waals surface area contributed by atoms with Gasteiger partial charge in [0.05, 0.1) is 19.1 Å². The van der Waals surface area contributed by atoms with Crippen LogP contribution in [0.2, 0.25) is 0 Å². The van der Waals surface area contributed by atoms with E-state index >= 15 is 0 Å². The average molecular weight is 283 g/mol. The Kier molecular flexibility index (Phi) is 6.26. The molecule has 1 N–H and O–H groups in total. The minimum absolute atomic E-state index is 0.252. The van der Waals surface area contributed by atoms with Crippen molar-refractivity contribution in [2.75, 3.05) is 45.9 Å². The van der Waals surface area contributed by atoms with Crippen LogP contribution in [0.5, 0.6) is 0 Å². The molecule has 2 saturated heterocycles. The molecule has 0 unspecified atom stereocenters. The van der Waals surface area contributed by atoms with Crippen LogP contribution >= 0.6 is 0 Å². The Balaban J connectivity index is 1.60. The maximum atomic E-state index is 12.1. The van der Waals surface area contributed by atoms with Crippen molar-refractivity contribution in [1.82, 2.24) is 15.1 Å². The standard InChI is InChI=1S/C15H29N3O2/c1-13(2)17-8-10-18(11-9-17)15(19)5-12-20-14-3-6-16-7-4-14/h13-14,16H,3-12H2,1-2H3. The fourth-order valence-corrected chi connectivity index (χ4v) is 2.92. The normalized spacial score (nSPS) is 22.4. The average Bonchev–Trinajstić information content (AvgIpc) is 2.48. The number of amides is 1. The van der Waals surface area contributed by atoms with Gasteiger partial charge in [0.2, 0.25) is 5.91 Å². The highest BCUT2D eigenvalue weighted by Crippen LogP contribution is 2.10. The van der Waals surface area contributed by atoms with Crippen molar-refractivity contribution in [1.29, 1.82) is 0 Å². The fourth-order valence-electron chi connectivity index (χ4n) is 2.92. The van der Waals surface area contributed by atoms with Crippen LogP contribution < -0.4 is 5.32 Å². The van der Waals surface area contributed by atoms with E-state index in [1.54, 1.807) is 0 Å². The third-order valence-corrected chi connectivity index (χ3v) is 4.35. The van der Waals surface area contributed by atoms with Crippen molar-refractivity contribution in [2.24, 2.45) is 0 Å². The Morgan fingerprint density at radius 2 is 1.85 bits per heavy atom. The monoisotopic (exact) mass is 283 g/mol. The molecule has 0 radical (unpaired) electrons. The molecule has 0 aromatic rings. The summed E-state index contributed by atoms with van der Waals surface area (Å²) < 4.78 is 5.81. The van der Waals surface area contributed by atoms with Crippen molar-refractivity contribution >= 4 is 5.91 Å². The lowest BCUT2D eigenvalue weighted by Crippen LogP contribution is -2.50. The zero-order chi connectivity index (χ0) is 14.4. The van der Waals surface area contributed by atoms with Gasteiger partial charge in [-0.25, -0.2) is 0 Å². The van der Waals surface area contributed by atoms with E-state index in [1.165, 1.54) is 0 Å². The highest BCUT2D eigenvalue weighted by molar-refractivity contribution is 5.76. The maximum Gasteiger partial charge on any atom is 0.224 e. The van der Waals surface area contributed by atoms with Gasteiger partial charge >= 0.3 is 0 Å². The lowest BCUT2D eigenvalue weighted by atomic mass is 10.1. The van der Waals surface area contributed by atoms with Crippen LogP contribution in [0.1, 0.15) is 33.1 Å². The van der Waals surface area contributed by atoms with Crippen molar-refractivity contribution in [3.05, 3.63) is 0 Å². The van der Waals surface area contributed by atoms with Crippen molar-refractivity contribution < 1.29 is 9.53 Å². The second kappa shape index (κ2) is 7.96. The van der Waals surface area contributed by atoms with Gasteiger partial charge in [-0.15, -0.1) is 0 Å². The van der Waals surface area contributed by atoms with Crippen molar-refractivity contribution in [3.63, 3.8) is 0 Å². The summed E-state index contributed by atoms with van der Waals surface area (Å²) in [4.78, 5) is 16.5. The van der Waals surface area contributed by atoms with Crippen molar-refractivity contribution in [3.8, 4) is 0 Å². The molecule has 0 spiro atoms. The number of nitrogens with zero attached hydrogens (tertiary/aromatic N) is 2. The predicted octanol–water partition coefficient (Wildman–Crippen LogP) is 0.698. The molecule has 116 valence electrons. The zero-order valence-corrected chi connectivity index (χ0v) is 12.9. The van der Waals surface area contributed by atoms with Crippen LogP contribution in [-0.2, 0) is 9.53 Å². The molecular weight excluding hydrogens is 254 g/mol. The van der Waals surface area contributed by atoms with Gasteiger partial charge in [0.15, 0.2) is 0 Å². The Hall–Kier alpha value is -0.650. The summed E-state index contributed by atoms with van der Waals surface area (Å²) in [5, 5.41) is 3.32. The Labute approximate surface area is 122 Å². The first-order valence-corrected chi connectivity index (χ1v) is 8.01. The minimum atomic E-state index is 0.252. The molecule has 0 aromatic carbocycles. The van der Waals surface area contributed by atoms with Crippen LogP contribution in [-0.4, -0.2) is 73.7 Å². The van der Waals surface area contributed by atoms with Crippen LogP contribution in [0.15, 0.2) is 0 Å². The van der Waals surface area contributed by atoms with E-state index in [0.717, 1.165) is 52.1 Å². The van der Waals surface area contributed by atoms with Gasteiger partial charge in [0.1, 0.15) is 0 Å². The summed E-state index contributed by atoms with van der Waals surface area (Å²) in [6.07, 6.45) is 3.02. The quantitative estimate of drug-likeness (QED) is 0.807. The van der Waals surface area contributed by atoms with Gasteiger partial charge in [-0.2, -0.15) is 0 Å². The number of carbonyl (C=O) groups excluding carboxylic acids is 1. The number of piperidine rings is 1. The molecule has 0 atom stereocenters. The van der Waals surface area contributed by atoms with Gasteiger partial charge in [0, 0.05) is 32.2 Å². The number of hydrogen-bond donors (Lipinski definition) is 1. The number of nitrogens with one attached hydrogen (secondary N) is 1. The topological polar surface area (TPSA) is 44.8 Å². The molecular formula is C15H29N3O2. The molecule has 0 aromatic heterocycles. The van der Waals surface area contributed by atoms with E-state index in [0.29, 0.717) is 25.2 Å². The molecule has 0 bridgehead atoms. The third kappa shape index (κ3) is 4.72. The number of ether oxygens (including phenoxy) is 1. The molecule has 2 aliphatic heterocycles. The first-order chi connectivity index (χ1) is 9.66. The smallest absolute Gasteiger partial charge is 0.224 e. The van der Waals surface area contributed by atoms with Gasteiger partial charge in [-0.1, -0.05) is 0 Å². The molecule has 5 nitrogen and oxygen atoms in total. The summed E-state index contributed by atoms with van der Waals surface area (Å²) in [6.45, 7) is 10.8. The zero-order valence-electron chi connectivity index (χ0n) is 12.9. The lowest BCUT2D eigenvalue weighted by molar-refractivity contribution is -0.134. The summed E-state index contributed by atoms with van der Waals surface area (Å²) in [5.41, 5.74) is 0. The highest BCUT2D eigenvalue weighted by atomic mass is 16.5. The molecule has 2 aliphatic rings. The second-order valence-corrected chi connectivity index (χ2v) is 6.08. The van der Waals surface area contributed by atoms with Crippen LogP contribution in [0, 0.1) is 0 Å². The van der Waals surface area contributed by atoms with E-state index in [2.05, 4.69) is 24.1 Å². The third-order valence-electron chi connectivity index (χ3n) is 4.35. The van der Waals surface area contributed by atoms with Gasteiger partial charge in [0.25, 0.3) is 0 Å². The Bertz CT molecular complexity index is 295. The minimum Gasteiger partial charge on any atom is -0.378 e. The number of rotatable bonds is 5. The molecule has 2 heterocycles. The lowest BCUT2D eigenvalue weighted by Gasteiger charge is -2.37. The van der Waals surface area contributed by atoms with Gasteiger partial charge in [-0.3, -0.25) is 9.69 Å². The van der Waals surface area contributed by atoms with Gasteiger partial charge < -0.3 is 15.0 Å². The summed E-state index contributed by atoms with van der Waals surface area (Å²) in [6, 6.07) is 0.579. The van der Waals surface area contributed by atoms with E-state index in [4.69, 9.17) is 4.74 Å². The Morgan fingerprint density at radius 3 is 2.45 bits per heavy atom. The molecule has 5 heteroatoms. The number of carbonyl (C=O) groups is 1. The number of hydrogen-bond acceptors (Lipinski definition) is 4. The van der Waals surface area contributed by atoms with Crippen LogP contribution in [0.4, 0.5) is 0 Å². The second-order valence-electron chi connectivity index (χ2n) is 6.08. The van der Waals surface area contributed by atoms with Crippen LogP contribution in [0.3, 0.4) is 0 Å². The fraction of sp³-hybridized carbons (Fsp3) is 0.933. The molecule has 2 rings (SSSR count). The van der Waals surface area contributed by atoms with E-state index in [9.17, 15) is 4.79 Å². The summed E-state index contributed by atoms with van der Waals surface area (Å²) in [7, 11) is 0. The van der Waals surface area contributed by atoms with E-state index in [1.807, 2.05) is 4.90 Å². The summed E-state index contributed by atoms with van der Waals surface area (Å²) in [5.74, 6) is 0.252. The first kappa shape index (κ1) is 15.7. The maximum absolute atomic E-state index is 12.1. The van der Waals surface area contributed by atoms with E-state index < -0.39 is 0 Å². The SMILES string of the molecule is CC(C)N1CCN(C(=O)CCOC2CCNCC2)CC1. The van der Waals surface area contributed by atoms with E-state index in [-0.39, 0.29) is 5.91 Å². The number of piperazine rings is 1. The largest absolute Gasteiger partial charge is 0.378 e. The van der Waals surface area contributed by atoms with Crippen molar-refractivity contribution in [2.45, 2.75) is 45.3 Å². The molecule has 2 fully saturated rings. The predicted molar refractivity (Wildman–Crippen MR) is 79.7 cm³/mol. The highest BCUT2D eigenvalue weighted by Gasteiger charge is 2.22. The molecule has 0 aliphatic carbocycles. The van der Waals surface area contributed by atoms with Gasteiger partial charge in [-0.05, 0) is 39.8 Å². The first-order valence-electron chi connectivity index (χ1n) is 8.01. The molecule has 20 heavy (non-hydrogen) atoms. The van der Waals surface area contributed by atoms with Crippen LogP contribution in [0.25, 0.3) is 0 Å². The summed E-state index contributed by atoms with van der Waals surface area (Å²) >= 11 is 0. The molecule has 1 amide bonds.